The van der Waals surface area contributed by atoms with Gasteiger partial charge in [0.2, 0.25) is 0 Å². The molecule has 0 bridgehead atoms. The molecule has 3 rings (SSSR count). The summed E-state index contributed by atoms with van der Waals surface area (Å²) in [5.74, 6) is 0.216. The third-order valence-corrected chi connectivity index (χ3v) is 4.23. The average molecular weight is 378 g/mol. The molecule has 3 aromatic rings. The van der Waals surface area contributed by atoms with E-state index in [9.17, 15) is 9.59 Å². The van der Waals surface area contributed by atoms with Gasteiger partial charge in [0, 0.05) is 11.4 Å². The summed E-state index contributed by atoms with van der Waals surface area (Å²) in [6.45, 7) is 3.91. The number of aryl methyl sites for hydroxylation is 2. The first-order valence-electron chi connectivity index (χ1n) is 9.03. The highest BCUT2D eigenvalue weighted by Gasteiger charge is 2.10. The highest BCUT2D eigenvalue weighted by molar-refractivity contribution is 6.02. The molecule has 0 aliphatic rings. The average Bonchev–Trinajstić information content (AvgIpc) is 3.24. The van der Waals surface area contributed by atoms with Gasteiger partial charge < -0.3 is 19.8 Å². The highest BCUT2D eigenvalue weighted by Crippen LogP contribution is 2.21. The second-order valence-electron chi connectivity index (χ2n) is 6.26. The van der Waals surface area contributed by atoms with Crippen LogP contribution in [-0.4, -0.2) is 18.4 Å². The van der Waals surface area contributed by atoms with Gasteiger partial charge in [-0.05, 0) is 60.9 Å². The fourth-order valence-corrected chi connectivity index (χ4v) is 2.76. The van der Waals surface area contributed by atoms with Gasteiger partial charge in [0.15, 0.2) is 12.4 Å². The fourth-order valence-electron chi connectivity index (χ4n) is 2.76. The van der Waals surface area contributed by atoms with Crippen molar-refractivity contribution < 1.29 is 18.7 Å². The van der Waals surface area contributed by atoms with Crippen LogP contribution >= 0.6 is 0 Å². The van der Waals surface area contributed by atoms with Crippen molar-refractivity contribution >= 4 is 23.2 Å². The predicted octanol–water partition coefficient (Wildman–Crippen LogP) is 4.42. The van der Waals surface area contributed by atoms with Gasteiger partial charge in [0.05, 0.1) is 6.26 Å². The molecule has 0 aliphatic heterocycles. The van der Waals surface area contributed by atoms with Gasteiger partial charge in [0.25, 0.3) is 11.8 Å². The van der Waals surface area contributed by atoms with E-state index >= 15 is 0 Å². The van der Waals surface area contributed by atoms with Crippen LogP contribution in [0.1, 0.15) is 28.6 Å². The molecule has 0 unspecified atom stereocenters. The van der Waals surface area contributed by atoms with E-state index in [0.29, 0.717) is 11.4 Å². The molecule has 0 spiro atoms. The van der Waals surface area contributed by atoms with Crippen molar-refractivity contribution in [1.82, 2.24) is 0 Å². The summed E-state index contributed by atoms with van der Waals surface area (Å²) in [5.41, 5.74) is 3.55. The number of benzene rings is 2. The van der Waals surface area contributed by atoms with Gasteiger partial charge in [0.1, 0.15) is 5.75 Å². The Bertz CT molecular complexity index is 947. The summed E-state index contributed by atoms with van der Waals surface area (Å²) in [6.07, 6.45) is 2.28. The van der Waals surface area contributed by atoms with Gasteiger partial charge in [-0.15, -0.1) is 0 Å². The first kappa shape index (κ1) is 19.2. The number of furan rings is 1. The standard InChI is InChI=1S/C22H22N2O4/c1-3-16-7-4-6-15(2)21(16)24-20(25)14-28-18-11-9-17(10-12-18)23-22(26)19-8-5-13-27-19/h4-13H,3,14H2,1-2H3,(H,23,26)(H,24,25). The summed E-state index contributed by atoms with van der Waals surface area (Å²) < 4.78 is 10.6. The molecule has 1 heterocycles. The molecule has 28 heavy (non-hydrogen) atoms. The Morgan fingerprint density at radius 1 is 1.00 bits per heavy atom. The Kier molecular flexibility index (Phi) is 6.11. The topological polar surface area (TPSA) is 80.6 Å². The Morgan fingerprint density at radius 2 is 1.79 bits per heavy atom. The number of rotatable bonds is 7. The lowest BCUT2D eigenvalue weighted by molar-refractivity contribution is -0.118. The zero-order valence-electron chi connectivity index (χ0n) is 15.8. The lowest BCUT2D eigenvalue weighted by Gasteiger charge is -2.13. The van der Waals surface area contributed by atoms with E-state index in [1.54, 1.807) is 36.4 Å². The van der Waals surface area contributed by atoms with E-state index < -0.39 is 0 Å². The molecular weight excluding hydrogens is 356 g/mol. The Balaban J connectivity index is 1.53. The van der Waals surface area contributed by atoms with E-state index in [1.165, 1.54) is 6.26 Å². The maximum absolute atomic E-state index is 12.2. The molecule has 0 fully saturated rings. The van der Waals surface area contributed by atoms with Crippen LogP contribution in [0.25, 0.3) is 0 Å². The molecule has 2 N–H and O–H groups in total. The van der Waals surface area contributed by atoms with Gasteiger partial charge in [-0.1, -0.05) is 25.1 Å². The number of amides is 2. The SMILES string of the molecule is CCc1cccc(C)c1NC(=O)COc1ccc(NC(=O)c2ccco2)cc1. The third-order valence-electron chi connectivity index (χ3n) is 4.23. The van der Waals surface area contributed by atoms with Crippen LogP contribution in [0.15, 0.2) is 65.3 Å². The van der Waals surface area contributed by atoms with Crippen molar-refractivity contribution in [3.63, 3.8) is 0 Å². The number of nitrogens with one attached hydrogen (secondary N) is 2. The van der Waals surface area contributed by atoms with Crippen LogP contribution in [0.4, 0.5) is 11.4 Å². The Hall–Kier alpha value is -3.54. The first-order chi connectivity index (χ1) is 13.6. The quantitative estimate of drug-likeness (QED) is 0.638. The minimum Gasteiger partial charge on any atom is -0.484 e. The summed E-state index contributed by atoms with van der Waals surface area (Å²) in [4.78, 5) is 24.2. The Labute approximate surface area is 163 Å². The fraction of sp³-hybridized carbons (Fsp3) is 0.182. The Morgan fingerprint density at radius 3 is 2.46 bits per heavy atom. The van der Waals surface area contributed by atoms with Crippen molar-refractivity contribution in [3.05, 3.63) is 77.7 Å². The molecule has 0 radical (unpaired) electrons. The van der Waals surface area contributed by atoms with Crippen LogP contribution in [-0.2, 0) is 11.2 Å². The molecule has 0 aliphatic carbocycles. The van der Waals surface area contributed by atoms with Crippen molar-refractivity contribution in [3.8, 4) is 5.75 Å². The number of carbonyl (C=O) groups excluding carboxylic acids is 2. The second-order valence-corrected chi connectivity index (χ2v) is 6.26. The lowest BCUT2D eigenvalue weighted by Crippen LogP contribution is -2.21. The molecular formula is C22H22N2O4. The van der Waals surface area contributed by atoms with Crippen LogP contribution in [0.5, 0.6) is 5.75 Å². The van der Waals surface area contributed by atoms with Gasteiger partial charge >= 0.3 is 0 Å². The van der Waals surface area contributed by atoms with E-state index in [-0.39, 0.29) is 24.2 Å². The largest absolute Gasteiger partial charge is 0.484 e. The molecule has 6 nitrogen and oxygen atoms in total. The van der Waals surface area contributed by atoms with E-state index in [4.69, 9.17) is 9.15 Å². The van der Waals surface area contributed by atoms with Gasteiger partial charge in [-0.25, -0.2) is 0 Å². The summed E-state index contributed by atoms with van der Waals surface area (Å²) >= 11 is 0. The number of hydrogen-bond acceptors (Lipinski definition) is 4. The maximum Gasteiger partial charge on any atom is 0.291 e. The lowest BCUT2D eigenvalue weighted by atomic mass is 10.1. The van der Waals surface area contributed by atoms with Crippen molar-refractivity contribution in [1.29, 1.82) is 0 Å². The zero-order valence-corrected chi connectivity index (χ0v) is 15.8. The van der Waals surface area contributed by atoms with E-state index in [2.05, 4.69) is 10.6 Å². The molecule has 0 atom stereocenters. The number of para-hydroxylation sites is 1. The summed E-state index contributed by atoms with van der Waals surface area (Å²) in [7, 11) is 0. The van der Waals surface area contributed by atoms with Crippen LogP contribution in [0.3, 0.4) is 0 Å². The minimum absolute atomic E-state index is 0.102. The molecule has 0 saturated carbocycles. The van der Waals surface area contributed by atoms with E-state index in [0.717, 1.165) is 23.2 Å². The highest BCUT2D eigenvalue weighted by atomic mass is 16.5. The molecule has 1 aromatic heterocycles. The number of carbonyl (C=O) groups is 2. The van der Waals surface area contributed by atoms with Gasteiger partial charge in [-0.2, -0.15) is 0 Å². The molecule has 144 valence electrons. The first-order valence-corrected chi connectivity index (χ1v) is 9.03. The van der Waals surface area contributed by atoms with Crippen LogP contribution in [0, 0.1) is 6.92 Å². The molecule has 2 aromatic carbocycles. The second kappa shape index (κ2) is 8.90. The normalized spacial score (nSPS) is 10.4. The van der Waals surface area contributed by atoms with Crippen LogP contribution in [0.2, 0.25) is 0 Å². The van der Waals surface area contributed by atoms with E-state index in [1.807, 2.05) is 32.0 Å². The van der Waals surface area contributed by atoms with Crippen molar-refractivity contribution in [2.24, 2.45) is 0 Å². The van der Waals surface area contributed by atoms with Gasteiger partial charge in [-0.3, -0.25) is 9.59 Å². The molecule has 6 heteroatoms. The predicted molar refractivity (Wildman–Crippen MR) is 108 cm³/mol. The maximum atomic E-state index is 12.2. The smallest absolute Gasteiger partial charge is 0.291 e. The summed E-state index contributed by atoms with van der Waals surface area (Å²) in [6, 6.07) is 16.0. The number of ether oxygens (including phenoxy) is 1. The third kappa shape index (κ3) is 4.79. The number of anilines is 2. The monoisotopic (exact) mass is 378 g/mol. The molecule has 2 amide bonds. The summed E-state index contributed by atoms with van der Waals surface area (Å²) in [5, 5.41) is 5.64. The van der Waals surface area contributed by atoms with Crippen LogP contribution < -0.4 is 15.4 Å². The molecule has 0 saturated heterocycles. The van der Waals surface area contributed by atoms with Crippen molar-refractivity contribution in [2.45, 2.75) is 20.3 Å². The number of hydrogen-bond donors (Lipinski definition) is 2. The zero-order chi connectivity index (χ0) is 19.9. The minimum atomic E-state index is -0.331. The van der Waals surface area contributed by atoms with Crippen molar-refractivity contribution in [2.75, 3.05) is 17.2 Å².